The minimum absolute atomic E-state index is 0.000842. The maximum absolute atomic E-state index is 12.5. The first-order valence-electron chi connectivity index (χ1n) is 10.1. The molecule has 0 saturated carbocycles. The van der Waals surface area contributed by atoms with Crippen LogP contribution in [-0.4, -0.2) is 42.9 Å². The van der Waals surface area contributed by atoms with Crippen LogP contribution in [0.25, 0.3) is 0 Å². The van der Waals surface area contributed by atoms with Gasteiger partial charge in [0.15, 0.2) is 0 Å². The fraction of sp³-hybridized carbons (Fsp3) is 0.167. The molecule has 1 amide bonds. The summed E-state index contributed by atoms with van der Waals surface area (Å²) in [6.07, 6.45) is 0. The second kappa shape index (κ2) is 11.6. The van der Waals surface area contributed by atoms with Crippen LogP contribution >= 0.6 is 23.2 Å². The highest BCUT2D eigenvalue weighted by Gasteiger charge is 2.22. The van der Waals surface area contributed by atoms with Crippen LogP contribution < -0.4 is 20.5 Å². The van der Waals surface area contributed by atoms with E-state index in [0.717, 1.165) is 5.75 Å². The third-order valence-corrected chi connectivity index (χ3v) is 5.24. The number of ether oxygens (including phenoxy) is 2. The summed E-state index contributed by atoms with van der Waals surface area (Å²) in [5.74, 6) is 1.37. The zero-order valence-electron chi connectivity index (χ0n) is 17.9. The van der Waals surface area contributed by atoms with E-state index in [9.17, 15) is 4.79 Å². The van der Waals surface area contributed by atoms with Gasteiger partial charge in [0.05, 0.1) is 11.6 Å². The average molecular weight is 487 g/mol. The van der Waals surface area contributed by atoms with E-state index in [-0.39, 0.29) is 24.9 Å². The molecular formula is C24H24Cl2N4O3. The molecule has 9 heteroatoms. The van der Waals surface area contributed by atoms with Crippen molar-refractivity contribution in [1.82, 2.24) is 4.90 Å². The molecule has 33 heavy (non-hydrogen) atoms. The van der Waals surface area contributed by atoms with E-state index in [0.29, 0.717) is 27.2 Å². The molecule has 0 heterocycles. The molecule has 7 nitrogen and oxygen atoms in total. The van der Waals surface area contributed by atoms with Crippen molar-refractivity contribution in [2.45, 2.75) is 6.04 Å². The van der Waals surface area contributed by atoms with Gasteiger partial charge in [-0.1, -0.05) is 41.4 Å². The van der Waals surface area contributed by atoms with Gasteiger partial charge in [-0.3, -0.25) is 15.1 Å². The molecule has 172 valence electrons. The first-order valence-corrected chi connectivity index (χ1v) is 10.8. The van der Waals surface area contributed by atoms with Gasteiger partial charge in [0.1, 0.15) is 35.7 Å². The van der Waals surface area contributed by atoms with Crippen molar-refractivity contribution in [3.63, 3.8) is 0 Å². The third kappa shape index (κ3) is 7.39. The molecule has 0 aliphatic carbocycles. The number of rotatable bonds is 10. The summed E-state index contributed by atoms with van der Waals surface area (Å²) in [6, 6.07) is 20.7. The Morgan fingerprint density at radius 2 is 1.73 bits per heavy atom. The molecule has 4 N–H and O–H groups in total. The molecule has 0 radical (unpaired) electrons. The summed E-state index contributed by atoms with van der Waals surface area (Å²) in [4.78, 5) is 14.2. The molecule has 0 aliphatic heterocycles. The molecule has 0 spiro atoms. The monoisotopic (exact) mass is 486 g/mol. The lowest BCUT2D eigenvalue weighted by Gasteiger charge is -2.26. The summed E-state index contributed by atoms with van der Waals surface area (Å²) >= 11 is 12.1. The topological polar surface area (TPSA) is 101 Å². The fourth-order valence-corrected chi connectivity index (χ4v) is 3.31. The van der Waals surface area contributed by atoms with Crippen molar-refractivity contribution >= 4 is 40.6 Å². The smallest absolute Gasteiger partial charge is 0.238 e. The number of nitrogens with one attached hydrogen (secondary N) is 2. The van der Waals surface area contributed by atoms with E-state index in [4.69, 9.17) is 43.8 Å². The quantitative estimate of drug-likeness (QED) is 0.275. The lowest BCUT2D eigenvalue weighted by Crippen LogP contribution is -2.48. The Hall–Kier alpha value is -3.26. The highest BCUT2D eigenvalue weighted by molar-refractivity contribution is 6.34. The molecule has 0 bridgehead atoms. The van der Waals surface area contributed by atoms with Gasteiger partial charge in [-0.2, -0.15) is 0 Å². The van der Waals surface area contributed by atoms with Gasteiger partial charge < -0.3 is 20.5 Å². The van der Waals surface area contributed by atoms with E-state index < -0.39 is 6.04 Å². The minimum atomic E-state index is -0.632. The van der Waals surface area contributed by atoms with E-state index in [1.807, 2.05) is 30.3 Å². The fourth-order valence-electron chi connectivity index (χ4n) is 2.98. The lowest BCUT2D eigenvalue weighted by atomic mass is 10.2. The van der Waals surface area contributed by atoms with E-state index in [1.54, 1.807) is 54.4 Å². The Bertz CT molecular complexity index is 1090. The molecule has 3 rings (SSSR count). The standard InChI is InChI=1S/C24H24Cl2N4O3/c1-30(21(24(27)28)15-32-22-13-16(25)7-12-20(22)26)14-23(31)29-17-8-10-19(11-9-17)33-18-5-3-2-4-6-18/h2-13,21H,14-15H2,1H3,(H3,27,28)(H,29,31). The van der Waals surface area contributed by atoms with Crippen LogP contribution in [0.2, 0.25) is 10.0 Å². The maximum atomic E-state index is 12.5. The molecule has 3 aromatic rings. The van der Waals surface area contributed by atoms with E-state index in [1.165, 1.54) is 0 Å². The number of likely N-dealkylation sites (N-methyl/N-ethyl adjacent to an activating group) is 1. The highest BCUT2D eigenvalue weighted by Crippen LogP contribution is 2.28. The van der Waals surface area contributed by atoms with Crippen LogP contribution in [0.15, 0.2) is 72.8 Å². The number of anilines is 1. The number of carbonyl (C=O) groups is 1. The summed E-state index contributed by atoms with van der Waals surface area (Å²) in [5.41, 5.74) is 6.36. The van der Waals surface area contributed by atoms with Gasteiger partial charge in [0.25, 0.3) is 0 Å². The number of hydrogen-bond acceptors (Lipinski definition) is 5. The van der Waals surface area contributed by atoms with Crippen molar-refractivity contribution in [3.05, 3.63) is 82.8 Å². The van der Waals surface area contributed by atoms with Gasteiger partial charge >= 0.3 is 0 Å². The third-order valence-electron chi connectivity index (χ3n) is 4.69. The summed E-state index contributed by atoms with van der Waals surface area (Å²) < 4.78 is 11.4. The number of amidine groups is 1. The van der Waals surface area contributed by atoms with Crippen LogP contribution in [0, 0.1) is 5.41 Å². The van der Waals surface area contributed by atoms with Crippen LogP contribution in [0.4, 0.5) is 5.69 Å². The van der Waals surface area contributed by atoms with Crippen LogP contribution in [0.1, 0.15) is 0 Å². The molecule has 3 aromatic carbocycles. The highest BCUT2D eigenvalue weighted by atomic mass is 35.5. The number of halogens is 2. The van der Waals surface area contributed by atoms with Crippen LogP contribution in [0.5, 0.6) is 17.2 Å². The van der Waals surface area contributed by atoms with Crippen molar-refractivity contribution in [2.24, 2.45) is 5.73 Å². The molecule has 0 aliphatic rings. The number of nitrogens with zero attached hydrogens (tertiary/aromatic N) is 1. The number of amides is 1. The van der Waals surface area contributed by atoms with Crippen LogP contribution in [-0.2, 0) is 4.79 Å². The van der Waals surface area contributed by atoms with Gasteiger partial charge in [-0.25, -0.2) is 0 Å². The zero-order valence-corrected chi connectivity index (χ0v) is 19.4. The predicted molar refractivity (Wildman–Crippen MR) is 132 cm³/mol. The Kier molecular flexibility index (Phi) is 8.54. The van der Waals surface area contributed by atoms with Gasteiger partial charge in [0.2, 0.25) is 5.91 Å². The Balaban J connectivity index is 1.54. The average Bonchev–Trinajstić information content (AvgIpc) is 2.78. The van der Waals surface area contributed by atoms with Crippen LogP contribution in [0.3, 0.4) is 0 Å². The van der Waals surface area contributed by atoms with Crippen molar-refractivity contribution in [2.75, 3.05) is 25.5 Å². The van der Waals surface area contributed by atoms with Crippen molar-refractivity contribution in [3.8, 4) is 17.2 Å². The van der Waals surface area contributed by atoms with Crippen molar-refractivity contribution in [1.29, 1.82) is 5.41 Å². The first-order chi connectivity index (χ1) is 15.8. The molecule has 1 atom stereocenters. The van der Waals surface area contributed by atoms with Crippen molar-refractivity contribution < 1.29 is 14.3 Å². The molecular weight excluding hydrogens is 463 g/mol. The molecule has 0 saturated heterocycles. The number of nitrogens with two attached hydrogens (primary N) is 1. The van der Waals surface area contributed by atoms with Gasteiger partial charge in [-0.05, 0) is 55.6 Å². The number of hydrogen-bond donors (Lipinski definition) is 3. The van der Waals surface area contributed by atoms with E-state index in [2.05, 4.69) is 5.32 Å². The molecule has 1 unspecified atom stereocenters. The predicted octanol–water partition coefficient (Wildman–Crippen LogP) is 5.04. The number of benzene rings is 3. The summed E-state index contributed by atoms with van der Waals surface area (Å²) in [6.45, 7) is 0.0316. The summed E-state index contributed by atoms with van der Waals surface area (Å²) in [5, 5.41) is 11.6. The number of carbonyl (C=O) groups excluding carboxylic acids is 1. The SMILES string of the molecule is CN(CC(=O)Nc1ccc(Oc2ccccc2)cc1)C(COc1cc(Cl)ccc1Cl)C(=N)N. The summed E-state index contributed by atoms with van der Waals surface area (Å²) in [7, 11) is 1.69. The Morgan fingerprint density at radius 3 is 2.39 bits per heavy atom. The molecule has 0 aromatic heterocycles. The Labute approximate surface area is 202 Å². The zero-order chi connectivity index (χ0) is 23.8. The van der Waals surface area contributed by atoms with E-state index >= 15 is 0 Å². The maximum Gasteiger partial charge on any atom is 0.238 e. The number of para-hydroxylation sites is 1. The Morgan fingerprint density at radius 1 is 1.06 bits per heavy atom. The first kappa shape index (κ1) is 24.4. The second-order valence-electron chi connectivity index (χ2n) is 7.26. The molecule has 0 fully saturated rings. The minimum Gasteiger partial charge on any atom is -0.490 e. The normalized spacial score (nSPS) is 11.6. The largest absolute Gasteiger partial charge is 0.490 e. The second-order valence-corrected chi connectivity index (χ2v) is 8.10. The van der Waals surface area contributed by atoms with Gasteiger partial charge in [0, 0.05) is 16.8 Å². The lowest BCUT2D eigenvalue weighted by molar-refractivity contribution is -0.117. The van der Waals surface area contributed by atoms with Gasteiger partial charge in [-0.15, -0.1) is 0 Å².